The van der Waals surface area contributed by atoms with Crippen LogP contribution >= 0.6 is 0 Å². The summed E-state index contributed by atoms with van der Waals surface area (Å²) in [6.07, 6.45) is -0.820. The van der Waals surface area contributed by atoms with Gasteiger partial charge < -0.3 is 20.5 Å². The summed E-state index contributed by atoms with van der Waals surface area (Å²) in [4.78, 5) is 7.82. The Morgan fingerprint density at radius 1 is 1.11 bits per heavy atom. The van der Waals surface area contributed by atoms with Gasteiger partial charge in [0.25, 0.3) is 0 Å². The van der Waals surface area contributed by atoms with E-state index < -0.39 is 6.29 Å². The van der Waals surface area contributed by atoms with Crippen molar-refractivity contribution in [3.63, 3.8) is 0 Å². The summed E-state index contributed by atoms with van der Waals surface area (Å²) in [6, 6.07) is 4.32. The van der Waals surface area contributed by atoms with Crippen LogP contribution in [0.15, 0.2) is 30.6 Å². The summed E-state index contributed by atoms with van der Waals surface area (Å²) in [5.41, 5.74) is 5.92. The molecule has 0 bridgehead atoms. The van der Waals surface area contributed by atoms with Crippen molar-refractivity contribution < 1.29 is 18.3 Å². The van der Waals surface area contributed by atoms with E-state index in [0.717, 1.165) is 0 Å². The zero-order valence-corrected chi connectivity index (χ0v) is 9.43. The molecule has 1 aliphatic heterocycles. The van der Waals surface area contributed by atoms with E-state index in [1.54, 1.807) is 6.07 Å². The molecule has 8 heteroatoms. The number of nitrogens with one attached hydrogen (secondary N) is 1. The van der Waals surface area contributed by atoms with Crippen molar-refractivity contribution >= 4 is 17.3 Å². The van der Waals surface area contributed by atoms with E-state index in [4.69, 9.17) is 5.73 Å². The molecule has 1 aromatic carbocycles. The van der Waals surface area contributed by atoms with Crippen molar-refractivity contribution in [2.75, 3.05) is 11.1 Å². The van der Waals surface area contributed by atoms with Crippen LogP contribution in [0.5, 0.6) is 11.5 Å². The first-order valence-electron chi connectivity index (χ1n) is 5.26. The van der Waals surface area contributed by atoms with Gasteiger partial charge in [-0.3, -0.25) is 0 Å². The SMILES string of the molecule is Nc1cnc(Nc2ccc3c(c2)OC(F)(F)O3)cn1. The maximum absolute atomic E-state index is 12.8. The van der Waals surface area contributed by atoms with E-state index >= 15 is 0 Å². The Labute approximate surface area is 106 Å². The van der Waals surface area contributed by atoms with Gasteiger partial charge in [0.2, 0.25) is 0 Å². The number of fused-ring (bicyclic) bond motifs is 1. The fourth-order valence-electron chi connectivity index (χ4n) is 1.58. The minimum atomic E-state index is -3.62. The van der Waals surface area contributed by atoms with Crippen LogP contribution in [0.3, 0.4) is 0 Å². The van der Waals surface area contributed by atoms with Gasteiger partial charge in [-0.1, -0.05) is 0 Å². The van der Waals surface area contributed by atoms with E-state index in [0.29, 0.717) is 11.5 Å². The Hall–Kier alpha value is -2.64. The van der Waals surface area contributed by atoms with E-state index in [1.807, 2.05) is 0 Å². The van der Waals surface area contributed by atoms with Crippen molar-refractivity contribution in [2.24, 2.45) is 0 Å². The number of ether oxygens (including phenoxy) is 2. The maximum atomic E-state index is 12.8. The molecule has 3 rings (SSSR count). The molecule has 6 nitrogen and oxygen atoms in total. The molecular formula is C11H8F2N4O2. The minimum Gasteiger partial charge on any atom is -0.395 e. The molecule has 19 heavy (non-hydrogen) atoms. The minimum absolute atomic E-state index is 0.0149. The van der Waals surface area contributed by atoms with Gasteiger partial charge in [-0.15, -0.1) is 8.78 Å². The summed E-state index contributed by atoms with van der Waals surface area (Å²) >= 11 is 0. The molecule has 0 fully saturated rings. The highest BCUT2D eigenvalue weighted by molar-refractivity contribution is 5.61. The number of nitrogens with two attached hydrogens (primary N) is 1. The number of halogens is 2. The van der Waals surface area contributed by atoms with E-state index in [9.17, 15) is 8.78 Å². The molecule has 98 valence electrons. The molecule has 0 saturated heterocycles. The number of nitrogens with zero attached hydrogens (tertiary/aromatic N) is 2. The quantitative estimate of drug-likeness (QED) is 0.866. The summed E-state index contributed by atoms with van der Waals surface area (Å²) in [7, 11) is 0. The van der Waals surface area contributed by atoms with Crippen molar-refractivity contribution in [2.45, 2.75) is 6.29 Å². The molecule has 0 radical (unpaired) electrons. The lowest BCUT2D eigenvalue weighted by Crippen LogP contribution is -2.25. The van der Waals surface area contributed by atoms with Gasteiger partial charge in [0.15, 0.2) is 11.5 Å². The molecule has 0 amide bonds. The molecule has 0 unspecified atom stereocenters. The molecule has 0 aliphatic carbocycles. The summed E-state index contributed by atoms with van der Waals surface area (Å²) in [6.45, 7) is 0. The normalized spacial score (nSPS) is 15.3. The van der Waals surface area contributed by atoms with E-state index in [2.05, 4.69) is 24.8 Å². The first-order chi connectivity index (χ1) is 9.02. The number of aromatic nitrogens is 2. The standard InChI is InChI=1S/C11H8F2N4O2/c12-11(13)18-7-2-1-6(3-8(7)19-11)17-10-5-15-9(14)4-16-10/h1-5H,(H2,14,15)(H,16,17). The van der Waals surface area contributed by atoms with Gasteiger partial charge in [-0.2, -0.15) is 0 Å². The first kappa shape index (κ1) is 11.5. The molecule has 0 atom stereocenters. The van der Waals surface area contributed by atoms with Crippen LogP contribution in [-0.2, 0) is 0 Å². The van der Waals surface area contributed by atoms with Gasteiger partial charge in [-0.05, 0) is 12.1 Å². The highest BCUT2D eigenvalue weighted by Crippen LogP contribution is 2.42. The van der Waals surface area contributed by atoms with Crippen LogP contribution < -0.4 is 20.5 Å². The van der Waals surface area contributed by atoms with Gasteiger partial charge in [0.05, 0.1) is 12.4 Å². The number of hydrogen-bond donors (Lipinski definition) is 2. The second kappa shape index (κ2) is 3.94. The second-order valence-electron chi connectivity index (χ2n) is 3.78. The number of rotatable bonds is 2. The Morgan fingerprint density at radius 3 is 2.63 bits per heavy atom. The van der Waals surface area contributed by atoms with Gasteiger partial charge >= 0.3 is 6.29 Å². The molecule has 1 aliphatic rings. The Balaban J connectivity index is 1.82. The van der Waals surface area contributed by atoms with Crippen LogP contribution in [0, 0.1) is 0 Å². The number of benzene rings is 1. The number of anilines is 3. The van der Waals surface area contributed by atoms with Crippen LogP contribution in [0.2, 0.25) is 0 Å². The predicted octanol–water partition coefficient (Wildman–Crippen LogP) is 2.12. The summed E-state index contributed by atoms with van der Waals surface area (Å²) < 4.78 is 34.3. The third-order valence-corrected chi connectivity index (χ3v) is 2.35. The van der Waals surface area contributed by atoms with Crippen molar-refractivity contribution in [3.05, 3.63) is 30.6 Å². The third kappa shape index (κ3) is 2.32. The number of hydrogen-bond acceptors (Lipinski definition) is 6. The monoisotopic (exact) mass is 266 g/mol. The average Bonchev–Trinajstić information content (AvgIpc) is 2.65. The van der Waals surface area contributed by atoms with Gasteiger partial charge in [-0.25, -0.2) is 9.97 Å². The Morgan fingerprint density at radius 2 is 1.89 bits per heavy atom. The van der Waals surface area contributed by atoms with Crippen molar-refractivity contribution in [1.29, 1.82) is 0 Å². The van der Waals surface area contributed by atoms with Crippen LogP contribution in [0.4, 0.5) is 26.1 Å². The molecule has 0 saturated carbocycles. The lowest BCUT2D eigenvalue weighted by molar-refractivity contribution is -0.286. The van der Waals surface area contributed by atoms with Crippen LogP contribution in [-0.4, -0.2) is 16.3 Å². The zero-order valence-electron chi connectivity index (χ0n) is 9.43. The fourth-order valence-corrected chi connectivity index (χ4v) is 1.58. The van der Waals surface area contributed by atoms with Gasteiger partial charge in [0, 0.05) is 11.8 Å². The first-order valence-corrected chi connectivity index (χ1v) is 5.26. The summed E-state index contributed by atoms with van der Waals surface area (Å²) in [5.74, 6) is 0.660. The van der Waals surface area contributed by atoms with Gasteiger partial charge in [0.1, 0.15) is 11.6 Å². The molecular weight excluding hydrogens is 258 g/mol. The molecule has 2 heterocycles. The second-order valence-corrected chi connectivity index (χ2v) is 3.78. The lowest BCUT2D eigenvalue weighted by Gasteiger charge is -2.05. The van der Waals surface area contributed by atoms with Crippen LogP contribution in [0.25, 0.3) is 0 Å². The topological polar surface area (TPSA) is 82.3 Å². The average molecular weight is 266 g/mol. The zero-order chi connectivity index (χ0) is 13.5. The van der Waals surface area contributed by atoms with E-state index in [1.165, 1.54) is 24.5 Å². The smallest absolute Gasteiger partial charge is 0.395 e. The van der Waals surface area contributed by atoms with Crippen molar-refractivity contribution in [3.8, 4) is 11.5 Å². The molecule has 2 aromatic rings. The van der Waals surface area contributed by atoms with E-state index in [-0.39, 0.29) is 17.3 Å². The Bertz CT molecular complexity index is 619. The largest absolute Gasteiger partial charge is 0.586 e. The Kier molecular flexibility index (Phi) is 2.37. The predicted molar refractivity (Wildman–Crippen MR) is 62.4 cm³/mol. The highest BCUT2D eigenvalue weighted by Gasteiger charge is 2.43. The highest BCUT2D eigenvalue weighted by atomic mass is 19.3. The fraction of sp³-hybridized carbons (Fsp3) is 0.0909. The lowest BCUT2D eigenvalue weighted by atomic mass is 10.3. The summed E-state index contributed by atoms with van der Waals surface area (Å²) in [5, 5.41) is 2.88. The third-order valence-electron chi connectivity index (χ3n) is 2.35. The number of alkyl halides is 2. The number of nitrogen functional groups attached to an aromatic ring is 1. The molecule has 3 N–H and O–H groups in total. The molecule has 0 spiro atoms. The van der Waals surface area contributed by atoms with Crippen LogP contribution in [0.1, 0.15) is 0 Å². The van der Waals surface area contributed by atoms with Crippen molar-refractivity contribution in [1.82, 2.24) is 9.97 Å². The molecule has 1 aromatic heterocycles. The maximum Gasteiger partial charge on any atom is 0.586 e.